The summed E-state index contributed by atoms with van der Waals surface area (Å²) in [5.41, 5.74) is 0.133. The van der Waals surface area contributed by atoms with Crippen LogP contribution in [0.2, 0.25) is 0 Å². The summed E-state index contributed by atoms with van der Waals surface area (Å²) in [5.74, 6) is -0.693. The summed E-state index contributed by atoms with van der Waals surface area (Å²) in [6.45, 7) is 1.90. The van der Waals surface area contributed by atoms with Crippen molar-refractivity contribution in [2.24, 2.45) is 0 Å². The fraction of sp³-hybridized carbons (Fsp3) is 0.133. The Labute approximate surface area is 114 Å². The van der Waals surface area contributed by atoms with Crippen LogP contribution in [0, 0.1) is 11.6 Å². The number of furan rings is 1. The second kappa shape index (κ2) is 4.92. The van der Waals surface area contributed by atoms with Gasteiger partial charge in [-0.1, -0.05) is 6.07 Å². The van der Waals surface area contributed by atoms with Crippen molar-refractivity contribution in [3.05, 3.63) is 66.4 Å². The fourth-order valence-corrected chi connectivity index (χ4v) is 2.18. The quantitative estimate of drug-likeness (QED) is 0.722. The number of aromatic nitrogens is 2. The molecule has 1 atom stereocenters. The van der Waals surface area contributed by atoms with Crippen LogP contribution < -0.4 is 0 Å². The van der Waals surface area contributed by atoms with Crippen molar-refractivity contribution in [2.75, 3.05) is 0 Å². The summed E-state index contributed by atoms with van der Waals surface area (Å²) in [6, 6.07) is 7.50. The molecular formula is C15H12F2N2O. The largest absolute Gasteiger partial charge is 0.467 e. The lowest BCUT2D eigenvalue weighted by atomic mass is 10.1. The zero-order valence-electron chi connectivity index (χ0n) is 10.8. The first-order chi connectivity index (χ1) is 9.68. The Morgan fingerprint density at radius 1 is 1.20 bits per heavy atom. The Hall–Kier alpha value is -2.43. The molecule has 0 bridgehead atoms. The molecule has 0 radical (unpaired) electrons. The van der Waals surface area contributed by atoms with Crippen molar-refractivity contribution in [3.8, 4) is 11.4 Å². The minimum absolute atomic E-state index is 0.133. The second-order valence-corrected chi connectivity index (χ2v) is 4.45. The number of hydrogen-bond acceptors (Lipinski definition) is 2. The summed E-state index contributed by atoms with van der Waals surface area (Å²) in [7, 11) is 0. The molecule has 102 valence electrons. The summed E-state index contributed by atoms with van der Waals surface area (Å²) in [6.07, 6.45) is 4.84. The zero-order chi connectivity index (χ0) is 14.1. The van der Waals surface area contributed by atoms with E-state index in [-0.39, 0.29) is 11.6 Å². The van der Waals surface area contributed by atoms with Crippen molar-refractivity contribution in [2.45, 2.75) is 13.0 Å². The maximum absolute atomic E-state index is 13.9. The van der Waals surface area contributed by atoms with E-state index in [2.05, 4.69) is 4.98 Å². The lowest BCUT2D eigenvalue weighted by Crippen LogP contribution is -2.07. The molecule has 0 spiro atoms. The molecule has 3 aromatic rings. The maximum atomic E-state index is 13.9. The van der Waals surface area contributed by atoms with Gasteiger partial charge in [0.15, 0.2) is 11.6 Å². The number of halogens is 2. The molecule has 2 heterocycles. The third-order valence-corrected chi connectivity index (χ3v) is 3.23. The molecule has 0 amide bonds. The molecule has 1 aromatic carbocycles. The summed E-state index contributed by atoms with van der Waals surface area (Å²) < 4.78 is 34.3. The highest BCUT2D eigenvalue weighted by Crippen LogP contribution is 2.28. The Morgan fingerprint density at radius 3 is 2.80 bits per heavy atom. The summed E-state index contributed by atoms with van der Waals surface area (Å²) in [4.78, 5) is 4.13. The van der Waals surface area contributed by atoms with Crippen molar-refractivity contribution < 1.29 is 13.2 Å². The number of nitrogens with zero attached hydrogens (tertiary/aromatic N) is 2. The second-order valence-electron chi connectivity index (χ2n) is 4.45. The molecule has 5 heteroatoms. The monoisotopic (exact) mass is 274 g/mol. The predicted molar refractivity (Wildman–Crippen MR) is 70.1 cm³/mol. The van der Waals surface area contributed by atoms with Crippen LogP contribution in [-0.2, 0) is 0 Å². The molecule has 0 unspecified atom stereocenters. The molecular weight excluding hydrogens is 262 g/mol. The van der Waals surface area contributed by atoms with E-state index in [0.29, 0.717) is 5.82 Å². The van der Waals surface area contributed by atoms with Crippen LogP contribution in [0.4, 0.5) is 8.78 Å². The Morgan fingerprint density at radius 2 is 2.05 bits per heavy atom. The fourth-order valence-electron chi connectivity index (χ4n) is 2.18. The first kappa shape index (κ1) is 12.6. The van der Waals surface area contributed by atoms with Gasteiger partial charge in [0.05, 0.1) is 17.9 Å². The summed E-state index contributed by atoms with van der Waals surface area (Å²) >= 11 is 0. The van der Waals surface area contributed by atoms with Gasteiger partial charge in [-0.2, -0.15) is 0 Å². The molecule has 0 aliphatic carbocycles. The predicted octanol–water partition coefficient (Wildman–Crippen LogP) is 4.03. The van der Waals surface area contributed by atoms with Crippen molar-refractivity contribution in [1.29, 1.82) is 0 Å². The van der Waals surface area contributed by atoms with Crippen LogP contribution in [0.5, 0.6) is 0 Å². The SMILES string of the molecule is C[C@H](c1ccco1)n1ccnc1-c1cccc(F)c1F. The normalized spacial score (nSPS) is 12.6. The van der Waals surface area contributed by atoms with E-state index >= 15 is 0 Å². The van der Waals surface area contributed by atoms with E-state index in [9.17, 15) is 8.78 Å². The molecule has 3 rings (SSSR count). The molecule has 0 N–H and O–H groups in total. The van der Waals surface area contributed by atoms with Crippen LogP contribution in [0.3, 0.4) is 0 Å². The minimum atomic E-state index is -0.897. The Bertz CT molecular complexity index is 719. The third kappa shape index (κ3) is 2.01. The van der Waals surface area contributed by atoms with E-state index in [1.165, 1.54) is 12.1 Å². The Kier molecular flexibility index (Phi) is 3.10. The van der Waals surface area contributed by atoms with Gasteiger partial charge in [0.25, 0.3) is 0 Å². The van der Waals surface area contributed by atoms with Crippen molar-refractivity contribution in [1.82, 2.24) is 9.55 Å². The molecule has 3 nitrogen and oxygen atoms in total. The van der Waals surface area contributed by atoms with E-state index in [1.807, 2.05) is 13.0 Å². The molecule has 0 fully saturated rings. The van der Waals surface area contributed by atoms with Gasteiger partial charge in [0.1, 0.15) is 11.6 Å². The molecule has 20 heavy (non-hydrogen) atoms. The molecule has 0 aliphatic heterocycles. The van der Waals surface area contributed by atoms with Crippen LogP contribution >= 0.6 is 0 Å². The van der Waals surface area contributed by atoms with Gasteiger partial charge in [-0.25, -0.2) is 13.8 Å². The van der Waals surface area contributed by atoms with Gasteiger partial charge >= 0.3 is 0 Å². The van der Waals surface area contributed by atoms with E-state index < -0.39 is 11.6 Å². The zero-order valence-corrected chi connectivity index (χ0v) is 10.8. The number of imidazole rings is 1. The van der Waals surface area contributed by atoms with Crippen LogP contribution in [-0.4, -0.2) is 9.55 Å². The summed E-state index contributed by atoms with van der Waals surface area (Å²) in [5, 5.41) is 0. The van der Waals surface area contributed by atoms with E-state index in [0.717, 1.165) is 11.8 Å². The Balaban J connectivity index is 2.09. The van der Waals surface area contributed by atoms with Gasteiger partial charge < -0.3 is 8.98 Å². The van der Waals surface area contributed by atoms with Crippen molar-refractivity contribution in [3.63, 3.8) is 0 Å². The third-order valence-electron chi connectivity index (χ3n) is 3.23. The van der Waals surface area contributed by atoms with Gasteiger partial charge in [0.2, 0.25) is 0 Å². The van der Waals surface area contributed by atoms with Gasteiger partial charge in [0, 0.05) is 12.4 Å². The van der Waals surface area contributed by atoms with Crippen LogP contribution in [0.15, 0.2) is 53.4 Å². The molecule has 0 saturated carbocycles. The first-order valence-electron chi connectivity index (χ1n) is 6.19. The minimum Gasteiger partial charge on any atom is -0.467 e. The molecule has 0 saturated heterocycles. The van der Waals surface area contributed by atoms with Crippen LogP contribution in [0.25, 0.3) is 11.4 Å². The van der Waals surface area contributed by atoms with Gasteiger partial charge in [-0.05, 0) is 31.2 Å². The molecule has 0 aliphatic rings. The van der Waals surface area contributed by atoms with Crippen molar-refractivity contribution >= 4 is 0 Å². The average Bonchev–Trinajstić information content (AvgIpc) is 3.11. The first-order valence-corrected chi connectivity index (χ1v) is 6.19. The number of hydrogen-bond donors (Lipinski definition) is 0. The smallest absolute Gasteiger partial charge is 0.169 e. The van der Waals surface area contributed by atoms with Crippen LogP contribution in [0.1, 0.15) is 18.7 Å². The van der Waals surface area contributed by atoms with E-state index in [1.54, 1.807) is 29.3 Å². The average molecular weight is 274 g/mol. The highest BCUT2D eigenvalue weighted by atomic mass is 19.2. The lowest BCUT2D eigenvalue weighted by molar-refractivity contribution is 0.447. The standard InChI is InChI=1S/C15H12F2N2O/c1-10(13-6-3-9-20-13)19-8-7-18-15(19)11-4-2-5-12(16)14(11)17/h2-10H,1H3/t10-/m1/s1. The highest BCUT2D eigenvalue weighted by Gasteiger charge is 2.19. The lowest BCUT2D eigenvalue weighted by Gasteiger charge is -2.14. The highest BCUT2D eigenvalue weighted by molar-refractivity contribution is 5.57. The topological polar surface area (TPSA) is 31.0 Å². The van der Waals surface area contributed by atoms with E-state index in [4.69, 9.17) is 4.42 Å². The number of benzene rings is 1. The molecule has 2 aromatic heterocycles. The van der Waals surface area contributed by atoms with Gasteiger partial charge in [-0.15, -0.1) is 0 Å². The van der Waals surface area contributed by atoms with Gasteiger partial charge in [-0.3, -0.25) is 0 Å². The number of rotatable bonds is 3. The maximum Gasteiger partial charge on any atom is 0.169 e.